The first-order valence-corrected chi connectivity index (χ1v) is 11.7. The summed E-state index contributed by atoms with van der Waals surface area (Å²) in [5.41, 5.74) is 2.48. The summed E-state index contributed by atoms with van der Waals surface area (Å²) in [6.45, 7) is 6.76. The number of thiophene rings is 1. The molecule has 1 aliphatic rings. The van der Waals surface area contributed by atoms with E-state index in [1.165, 1.54) is 16.2 Å². The molecule has 0 aliphatic heterocycles. The molecule has 4 rings (SSSR count). The monoisotopic (exact) mass is 472 g/mol. The molecule has 1 aliphatic carbocycles. The molecule has 1 N–H and O–H groups in total. The minimum Gasteiger partial charge on any atom is -0.451 e. The first-order chi connectivity index (χ1) is 14.7. The highest BCUT2D eigenvalue weighted by atomic mass is 35.5. The molecule has 1 aromatic carbocycles. The van der Waals surface area contributed by atoms with Crippen molar-refractivity contribution in [2.45, 2.75) is 40.0 Å². The van der Waals surface area contributed by atoms with E-state index in [0.29, 0.717) is 37.9 Å². The Bertz CT molecular complexity index is 1200. The smallest absolute Gasteiger partial charge is 0.292 e. The Morgan fingerprint density at radius 2 is 2.03 bits per heavy atom. The second-order valence-corrected chi connectivity index (χ2v) is 10.7. The summed E-state index contributed by atoms with van der Waals surface area (Å²) in [4.78, 5) is 14.0. The number of rotatable bonds is 3. The molecule has 3 aromatic rings. The minimum atomic E-state index is -0.396. The van der Waals surface area contributed by atoms with Gasteiger partial charge in [0.1, 0.15) is 16.8 Å². The van der Waals surface area contributed by atoms with E-state index < -0.39 is 5.91 Å². The van der Waals surface area contributed by atoms with Gasteiger partial charge in [-0.1, -0.05) is 50.0 Å². The van der Waals surface area contributed by atoms with Crippen LogP contribution < -0.4 is 5.32 Å². The first-order valence-electron chi connectivity index (χ1n) is 10.1. The summed E-state index contributed by atoms with van der Waals surface area (Å²) in [5.74, 6) is 0.765. The Hall–Kier alpha value is -2.26. The normalized spacial score (nSPS) is 15.9. The average Bonchev–Trinajstić information content (AvgIpc) is 3.33. The van der Waals surface area contributed by atoms with Gasteiger partial charge >= 0.3 is 0 Å². The van der Waals surface area contributed by atoms with Crippen LogP contribution in [0, 0.1) is 22.7 Å². The molecule has 2 heterocycles. The number of nitrogens with zero attached hydrogens (tertiary/aromatic N) is 1. The number of anilines is 1. The third-order valence-corrected chi connectivity index (χ3v) is 7.86. The molecule has 0 bridgehead atoms. The third kappa shape index (κ3) is 4.25. The lowest BCUT2D eigenvalue weighted by Gasteiger charge is -2.33. The summed E-state index contributed by atoms with van der Waals surface area (Å²) >= 11 is 13.8. The number of amides is 1. The van der Waals surface area contributed by atoms with Crippen molar-refractivity contribution in [3.05, 3.63) is 62.1 Å². The van der Waals surface area contributed by atoms with Crippen LogP contribution in [-0.2, 0) is 12.8 Å². The average molecular weight is 473 g/mol. The van der Waals surface area contributed by atoms with Gasteiger partial charge in [0.05, 0.1) is 15.6 Å². The van der Waals surface area contributed by atoms with Crippen LogP contribution in [0.5, 0.6) is 0 Å². The molecule has 0 unspecified atom stereocenters. The van der Waals surface area contributed by atoms with E-state index in [9.17, 15) is 10.1 Å². The van der Waals surface area contributed by atoms with E-state index in [0.717, 1.165) is 24.8 Å². The second kappa shape index (κ2) is 8.35. The fourth-order valence-corrected chi connectivity index (χ4v) is 5.66. The fraction of sp³-hybridized carbons (Fsp3) is 0.333. The number of hydrogen-bond donors (Lipinski definition) is 1. The van der Waals surface area contributed by atoms with E-state index in [2.05, 4.69) is 32.2 Å². The van der Waals surface area contributed by atoms with Crippen LogP contribution in [0.25, 0.3) is 11.3 Å². The molecule has 1 atom stereocenters. The lowest BCUT2D eigenvalue weighted by molar-refractivity contribution is 0.0998. The van der Waals surface area contributed by atoms with Gasteiger partial charge in [-0.25, -0.2) is 0 Å². The molecule has 31 heavy (non-hydrogen) atoms. The zero-order valence-corrected chi connectivity index (χ0v) is 19.8. The number of benzene rings is 1. The number of hydrogen-bond acceptors (Lipinski definition) is 4. The molecule has 0 spiro atoms. The largest absolute Gasteiger partial charge is 0.451 e. The van der Waals surface area contributed by atoms with Crippen molar-refractivity contribution in [2.24, 2.45) is 11.3 Å². The highest BCUT2D eigenvalue weighted by Crippen LogP contribution is 2.44. The molecule has 160 valence electrons. The maximum Gasteiger partial charge on any atom is 0.292 e. The van der Waals surface area contributed by atoms with E-state index in [1.54, 1.807) is 30.3 Å². The van der Waals surface area contributed by atoms with E-state index in [4.69, 9.17) is 27.6 Å². The van der Waals surface area contributed by atoms with Gasteiger partial charge in [0, 0.05) is 10.4 Å². The maximum atomic E-state index is 12.8. The number of carbonyl (C=O) groups is 1. The third-order valence-electron chi connectivity index (χ3n) is 5.88. The Morgan fingerprint density at radius 3 is 2.74 bits per heavy atom. The summed E-state index contributed by atoms with van der Waals surface area (Å²) in [6, 6.07) is 10.8. The lowest BCUT2D eigenvalue weighted by Crippen LogP contribution is -2.26. The molecule has 2 aromatic heterocycles. The number of nitrogens with one attached hydrogen (secondary N) is 1. The van der Waals surface area contributed by atoms with Crippen molar-refractivity contribution in [2.75, 3.05) is 5.32 Å². The molecule has 7 heteroatoms. The summed E-state index contributed by atoms with van der Waals surface area (Å²) in [5, 5.41) is 14.0. The number of furan rings is 1. The van der Waals surface area contributed by atoms with Crippen molar-refractivity contribution in [1.29, 1.82) is 5.26 Å². The summed E-state index contributed by atoms with van der Waals surface area (Å²) in [6.07, 6.45) is 2.86. The van der Waals surface area contributed by atoms with Crippen LogP contribution in [0.1, 0.15) is 53.8 Å². The summed E-state index contributed by atoms with van der Waals surface area (Å²) < 4.78 is 5.74. The number of carbonyl (C=O) groups excluding carboxylic acids is 1. The number of halogens is 2. The van der Waals surface area contributed by atoms with Crippen LogP contribution in [0.4, 0.5) is 5.00 Å². The minimum absolute atomic E-state index is 0.147. The molecular weight excluding hydrogens is 451 g/mol. The Balaban J connectivity index is 1.58. The summed E-state index contributed by atoms with van der Waals surface area (Å²) in [7, 11) is 0. The molecular formula is C24H22Cl2N2O2S. The van der Waals surface area contributed by atoms with Gasteiger partial charge in [-0.05, 0) is 60.4 Å². The standard InChI is InChI=1S/C24H22Cl2N2O2S/c1-24(2,3)13-7-8-14-16(12-27)23(31-20(14)11-13)28-22(29)19-10-9-18(30-19)15-5-4-6-17(25)21(15)26/h4-6,9-10,13H,7-8,11H2,1-3H3,(H,28,29)/t13-/m0/s1. The first kappa shape index (κ1) is 22.0. The SMILES string of the molecule is CC(C)(C)[C@H]1CCc2c(sc(NC(=O)c3ccc(-c4cccc(Cl)c4Cl)o3)c2C#N)C1. The van der Waals surface area contributed by atoms with Gasteiger partial charge < -0.3 is 9.73 Å². The van der Waals surface area contributed by atoms with Gasteiger partial charge in [-0.15, -0.1) is 11.3 Å². The Labute approximate surface area is 195 Å². The number of nitriles is 1. The van der Waals surface area contributed by atoms with Crippen LogP contribution in [-0.4, -0.2) is 5.91 Å². The topological polar surface area (TPSA) is 66.0 Å². The van der Waals surface area contributed by atoms with E-state index in [-0.39, 0.29) is 11.2 Å². The van der Waals surface area contributed by atoms with Crippen LogP contribution in [0.15, 0.2) is 34.7 Å². The van der Waals surface area contributed by atoms with Crippen LogP contribution in [0.3, 0.4) is 0 Å². The fourth-order valence-electron chi connectivity index (χ4n) is 3.99. The Morgan fingerprint density at radius 1 is 1.26 bits per heavy atom. The van der Waals surface area contributed by atoms with E-state index >= 15 is 0 Å². The predicted octanol–water partition coefficient (Wildman–Crippen LogP) is 7.59. The highest BCUT2D eigenvalue weighted by molar-refractivity contribution is 7.16. The van der Waals surface area contributed by atoms with Gasteiger partial charge in [0.2, 0.25) is 0 Å². The van der Waals surface area contributed by atoms with Crippen LogP contribution >= 0.6 is 34.5 Å². The van der Waals surface area contributed by atoms with Crippen molar-refractivity contribution >= 4 is 45.4 Å². The van der Waals surface area contributed by atoms with Crippen molar-refractivity contribution < 1.29 is 9.21 Å². The zero-order valence-electron chi connectivity index (χ0n) is 17.5. The molecule has 0 saturated carbocycles. The molecule has 0 radical (unpaired) electrons. The van der Waals surface area contributed by atoms with Crippen molar-refractivity contribution in [3.8, 4) is 17.4 Å². The maximum absolute atomic E-state index is 12.8. The molecule has 1 amide bonds. The van der Waals surface area contributed by atoms with Gasteiger partial charge in [0.15, 0.2) is 5.76 Å². The van der Waals surface area contributed by atoms with Crippen molar-refractivity contribution in [1.82, 2.24) is 0 Å². The highest BCUT2D eigenvalue weighted by Gasteiger charge is 2.32. The second-order valence-electron chi connectivity index (χ2n) is 8.84. The van der Waals surface area contributed by atoms with E-state index in [1.807, 2.05) is 0 Å². The molecule has 0 saturated heterocycles. The van der Waals surface area contributed by atoms with Crippen LogP contribution in [0.2, 0.25) is 10.0 Å². The molecule has 4 nitrogen and oxygen atoms in total. The lowest BCUT2D eigenvalue weighted by atomic mass is 9.72. The van der Waals surface area contributed by atoms with Gasteiger partial charge in [-0.2, -0.15) is 5.26 Å². The van der Waals surface area contributed by atoms with Gasteiger partial charge in [-0.3, -0.25) is 4.79 Å². The van der Waals surface area contributed by atoms with Crippen molar-refractivity contribution in [3.63, 3.8) is 0 Å². The number of fused-ring (bicyclic) bond motifs is 1. The predicted molar refractivity (Wildman–Crippen MR) is 126 cm³/mol. The van der Waals surface area contributed by atoms with Gasteiger partial charge in [0.25, 0.3) is 5.91 Å². The quantitative estimate of drug-likeness (QED) is 0.426. The molecule has 0 fully saturated rings. The Kier molecular flexibility index (Phi) is 5.91. The zero-order chi connectivity index (χ0) is 22.3.